The number of unbranched alkanes of at least 4 members (excludes halogenated alkanes) is 1. The van der Waals surface area contributed by atoms with Crippen LogP contribution in [0.2, 0.25) is 0 Å². The number of nitrogens with two attached hydrogens (primary N) is 1. The van der Waals surface area contributed by atoms with Crippen molar-refractivity contribution in [1.29, 1.82) is 0 Å². The Labute approximate surface area is 104 Å². The minimum Gasteiger partial charge on any atom is -0.370 e. The van der Waals surface area contributed by atoms with Crippen molar-refractivity contribution in [3.05, 3.63) is 0 Å². The zero-order chi connectivity index (χ0) is 12.1. The first-order valence-corrected chi connectivity index (χ1v) is 7.01. The molecule has 2 rings (SSSR count). The van der Waals surface area contributed by atoms with Gasteiger partial charge in [-0.05, 0) is 58.2 Å². The second kappa shape index (κ2) is 6.36. The van der Waals surface area contributed by atoms with E-state index in [1.54, 1.807) is 0 Å². The third-order valence-corrected chi connectivity index (χ3v) is 4.10. The van der Waals surface area contributed by atoms with Crippen LogP contribution >= 0.6 is 0 Å². The molecular weight excluding hydrogens is 214 g/mol. The third-order valence-electron chi connectivity index (χ3n) is 4.10. The Kier molecular flexibility index (Phi) is 4.80. The predicted molar refractivity (Wildman–Crippen MR) is 68.7 cm³/mol. The number of rotatable bonds is 6. The molecule has 0 aromatic heterocycles. The van der Waals surface area contributed by atoms with E-state index in [0.29, 0.717) is 12.5 Å². The molecule has 0 aromatic carbocycles. The number of carbonyl (C=O) groups excluding carboxylic acids is 1. The van der Waals surface area contributed by atoms with Crippen molar-refractivity contribution >= 4 is 5.91 Å². The van der Waals surface area contributed by atoms with Crippen LogP contribution in [0.3, 0.4) is 0 Å². The summed E-state index contributed by atoms with van der Waals surface area (Å²) in [5.74, 6) is -0.177. The van der Waals surface area contributed by atoms with Crippen molar-refractivity contribution in [2.75, 3.05) is 19.6 Å². The maximum absolute atomic E-state index is 10.6. The lowest BCUT2D eigenvalue weighted by atomic mass is 9.97. The number of hydrogen-bond donors (Lipinski definition) is 2. The van der Waals surface area contributed by atoms with Gasteiger partial charge in [-0.1, -0.05) is 0 Å². The smallest absolute Gasteiger partial charge is 0.217 e. The molecule has 0 spiro atoms. The van der Waals surface area contributed by atoms with E-state index in [4.69, 9.17) is 5.73 Å². The van der Waals surface area contributed by atoms with Gasteiger partial charge >= 0.3 is 0 Å². The molecule has 0 bridgehead atoms. The van der Waals surface area contributed by atoms with Crippen LogP contribution < -0.4 is 11.1 Å². The summed E-state index contributed by atoms with van der Waals surface area (Å²) in [5.41, 5.74) is 5.11. The highest BCUT2D eigenvalue weighted by Gasteiger charge is 2.31. The van der Waals surface area contributed by atoms with Crippen LogP contribution in [-0.4, -0.2) is 42.5 Å². The molecule has 17 heavy (non-hydrogen) atoms. The monoisotopic (exact) mass is 239 g/mol. The molecule has 98 valence electrons. The molecule has 2 aliphatic rings. The molecule has 2 unspecified atom stereocenters. The molecule has 0 radical (unpaired) electrons. The molecular formula is C13H25N3O. The quantitative estimate of drug-likeness (QED) is 0.676. The second-order valence-corrected chi connectivity index (χ2v) is 5.43. The zero-order valence-corrected chi connectivity index (χ0v) is 10.7. The van der Waals surface area contributed by atoms with Crippen molar-refractivity contribution in [3.8, 4) is 0 Å². The molecule has 0 saturated carbocycles. The highest BCUT2D eigenvalue weighted by molar-refractivity contribution is 5.73. The van der Waals surface area contributed by atoms with Gasteiger partial charge in [0.05, 0.1) is 0 Å². The highest BCUT2D eigenvalue weighted by Crippen LogP contribution is 2.26. The van der Waals surface area contributed by atoms with Gasteiger partial charge in [0.1, 0.15) is 0 Å². The van der Waals surface area contributed by atoms with Crippen LogP contribution in [0.4, 0.5) is 0 Å². The Hall–Kier alpha value is -0.610. The van der Waals surface area contributed by atoms with Crippen molar-refractivity contribution in [2.24, 2.45) is 5.73 Å². The standard InChI is InChI=1S/C13H25N3O/c14-13(17)5-1-2-7-15-11-6-9-16-8-3-4-12(16)10-11/h11-12,15H,1-10H2,(H2,14,17). The molecule has 2 fully saturated rings. The van der Waals surface area contributed by atoms with E-state index in [1.165, 1.54) is 38.8 Å². The number of carbonyl (C=O) groups is 1. The number of piperidine rings is 1. The number of primary amides is 1. The molecule has 0 aliphatic carbocycles. The molecule has 1 amide bonds. The van der Waals surface area contributed by atoms with E-state index in [9.17, 15) is 4.79 Å². The fourth-order valence-electron chi connectivity index (χ4n) is 3.14. The summed E-state index contributed by atoms with van der Waals surface area (Å²) in [4.78, 5) is 13.2. The predicted octanol–water partition coefficient (Wildman–Crippen LogP) is 0.858. The van der Waals surface area contributed by atoms with Gasteiger partial charge in [-0.15, -0.1) is 0 Å². The first kappa shape index (κ1) is 12.8. The van der Waals surface area contributed by atoms with E-state index in [-0.39, 0.29) is 5.91 Å². The Morgan fingerprint density at radius 1 is 1.29 bits per heavy atom. The van der Waals surface area contributed by atoms with Crippen molar-refractivity contribution < 1.29 is 4.79 Å². The van der Waals surface area contributed by atoms with Crippen LogP contribution in [0.25, 0.3) is 0 Å². The van der Waals surface area contributed by atoms with E-state index < -0.39 is 0 Å². The van der Waals surface area contributed by atoms with Gasteiger partial charge in [-0.25, -0.2) is 0 Å². The molecule has 2 atom stereocenters. The van der Waals surface area contributed by atoms with Crippen LogP contribution in [0, 0.1) is 0 Å². The van der Waals surface area contributed by atoms with Crippen LogP contribution in [-0.2, 0) is 4.79 Å². The number of amides is 1. The van der Waals surface area contributed by atoms with Gasteiger partial charge in [0.15, 0.2) is 0 Å². The lowest BCUT2D eigenvalue weighted by molar-refractivity contribution is -0.118. The number of fused-ring (bicyclic) bond motifs is 1. The Bertz CT molecular complexity index is 257. The first-order valence-electron chi connectivity index (χ1n) is 7.01. The molecule has 4 heteroatoms. The third kappa shape index (κ3) is 3.96. The maximum atomic E-state index is 10.6. The van der Waals surface area contributed by atoms with Gasteiger partial charge in [0, 0.05) is 18.5 Å². The van der Waals surface area contributed by atoms with Gasteiger partial charge < -0.3 is 16.0 Å². The summed E-state index contributed by atoms with van der Waals surface area (Å²) in [6.07, 6.45) is 7.89. The van der Waals surface area contributed by atoms with Gasteiger partial charge in [0.25, 0.3) is 0 Å². The molecule has 0 aromatic rings. The molecule has 2 aliphatic heterocycles. The Balaban J connectivity index is 1.56. The second-order valence-electron chi connectivity index (χ2n) is 5.43. The fourth-order valence-corrected chi connectivity index (χ4v) is 3.14. The summed E-state index contributed by atoms with van der Waals surface area (Å²) in [7, 11) is 0. The lowest BCUT2D eigenvalue weighted by Gasteiger charge is -2.35. The van der Waals surface area contributed by atoms with Gasteiger partial charge in [-0.3, -0.25) is 4.79 Å². The van der Waals surface area contributed by atoms with Crippen LogP contribution in [0.1, 0.15) is 44.9 Å². The Morgan fingerprint density at radius 2 is 2.18 bits per heavy atom. The first-order chi connectivity index (χ1) is 8.25. The minimum absolute atomic E-state index is 0.177. The average molecular weight is 239 g/mol. The SMILES string of the molecule is NC(=O)CCCCNC1CCN2CCCC2C1. The summed E-state index contributed by atoms with van der Waals surface area (Å²) < 4.78 is 0. The Morgan fingerprint density at radius 3 is 3.00 bits per heavy atom. The minimum atomic E-state index is -0.177. The topological polar surface area (TPSA) is 58.4 Å². The van der Waals surface area contributed by atoms with Gasteiger partial charge in [0.2, 0.25) is 5.91 Å². The number of nitrogens with zero attached hydrogens (tertiary/aromatic N) is 1. The summed E-state index contributed by atoms with van der Waals surface area (Å²) >= 11 is 0. The average Bonchev–Trinajstić information content (AvgIpc) is 2.75. The normalized spacial score (nSPS) is 29.2. The highest BCUT2D eigenvalue weighted by atomic mass is 16.1. The molecule has 4 nitrogen and oxygen atoms in total. The maximum Gasteiger partial charge on any atom is 0.217 e. The van der Waals surface area contributed by atoms with Gasteiger partial charge in [-0.2, -0.15) is 0 Å². The van der Waals surface area contributed by atoms with E-state index in [0.717, 1.165) is 25.4 Å². The summed E-state index contributed by atoms with van der Waals surface area (Å²) in [5, 5.41) is 3.63. The largest absolute Gasteiger partial charge is 0.370 e. The van der Waals surface area contributed by atoms with E-state index >= 15 is 0 Å². The van der Waals surface area contributed by atoms with E-state index in [2.05, 4.69) is 10.2 Å². The summed E-state index contributed by atoms with van der Waals surface area (Å²) in [6.45, 7) is 3.62. The molecule has 2 saturated heterocycles. The van der Waals surface area contributed by atoms with Crippen LogP contribution in [0.5, 0.6) is 0 Å². The van der Waals surface area contributed by atoms with E-state index in [1.807, 2.05) is 0 Å². The van der Waals surface area contributed by atoms with Crippen LogP contribution in [0.15, 0.2) is 0 Å². The molecule has 2 heterocycles. The molecule has 3 N–H and O–H groups in total. The zero-order valence-electron chi connectivity index (χ0n) is 10.7. The van der Waals surface area contributed by atoms with Crippen molar-refractivity contribution in [3.63, 3.8) is 0 Å². The van der Waals surface area contributed by atoms with Crippen molar-refractivity contribution in [1.82, 2.24) is 10.2 Å². The number of nitrogens with one attached hydrogen (secondary N) is 1. The number of hydrogen-bond acceptors (Lipinski definition) is 3. The van der Waals surface area contributed by atoms with Crippen molar-refractivity contribution in [2.45, 2.75) is 57.0 Å². The lowest BCUT2D eigenvalue weighted by Crippen LogP contribution is -2.45. The fraction of sp³-hybridized carbons (Fsp3) is 0.923. The summed E-state index contributed by atoms with van der Waals surface area (Å²) in [6, 6.07) is 1.54.